The number of halogens is 1. The third-order valence-electron chi connectivity index (χ3n) is 5.05. The molecule has 0 aromatic heterocycles. The lowest BCUT2D eigenvalue weighted by Gasteiger charge is -2.34. The van der Waals surface area contributed by atoms with Gasteiger partial charge in [-0.2, -0.15) is 0 Å². The van der Waals surface area contributed by atoms with Crippen LogP contribution in [0, 0.1) is 5.92 Å². The van der Waals surface area contributed by atoms with Crippen LogP contribution in [0.15, 0.2) is 54.6 Å². The van der Waals surface area contributed by atoms with Gasteiger partial charge >= 0.3 is 0 Å². The van der Waals surface area contributed by atoms with Crippen LogP contribution in [0.2, 0.25) is 5.02 Å². The fourth-order valence-corrected chi connectivity index (χ4v) is 3.69. The predicted octanol–water partition coefficient (Wildman–Crippen LogP) is 4.98. The Morgan fingerprint density at radius 1 is 1.12 bits per heavy atom. The van der Waals surface area contributed by atoms with Gasteiger partial charge in [0.2, 0.25) is 0 Å². The van der Waals surface area contributed by atoms with Crippen molar-refractivity contribution in [3.63, 3.8) is 0 Å². The third kappa shape index (κ3) is 4.79. The van der Waals surface area contributed by atoms with E-state index in [1.54, 1.807) is 6.07 Å². The minimum atomic E-state index is -0.472. The first kappa shape index (κ1) is 18.8. The standard InChI is InChI=1S/C22H26ClNO2/c1-2-20(26-21-11-7-6-10-19(21)23)22(25)24-14-12-18(13-15-24)16-17-8-4-3-5-9-17/h3-11,18,20H,2,12-16H2,1H3. The summed E-state index contributed by atoms with van der Waals surface area (Å²) >= 11 is 6.16. The Morgan fingerprint density at radius 2 is 1.77 bits per heavy atom. The summed E-state index contributed by atoms with van der Waals surface area (Å²) in [6.45, 7) is 3.58. The van der Waals surface area contributed by atoms with Gasteiger partial charge in [0.25, 0.3) is 5.91 Å². The summed E-state index contributed by atoms with van der Waals surface area (Å²) in [6.07, 6.45) is 3.34. The van der Waals surface area contributed by atoms with Crippen molar-refractivity contribution < 1.29 is 9.53 Å². The molecule has 1 atom stereocenters. The SMILES string of the molecule is CCC(Oc1ccccc1Cl)C(=O)N1CCC(Cc2ccccc2)CC1. The number of carbonyl (C=O) groups excluding carboxylic acids is 1. The highest BCUT2D eigenvalue weighted by atomic mass is 35.5. The van der Waals surface area contributed by atoms with Crippen LogP contribution in [-0.4, -0.2) is 30.0 Å². The Morgan fingerprint density at radius 3 is 2.42 bits per heavy atom. The van der Waals surface area contributed by atoms with Crippen molar-refractivity contribution in [1.82, 2.24) is 4.90 Å². The highest BCUT2D eigenvalue weighted by Gasteiger charge is 2.29. The number of carbonyl (C=O) groups is 1. The number of hydrogen-bond donors (Lipinski definition) is 0. The van der Waals surface area contributed by atoms with E-state index in [1.807, 2.05) is 30.0 Å². The molecule has 3 nitrogen and oxygen atoms in total. The van der Waals surface area contributed by atoms with Crippen molar-refractivity contribution in [3.05, 3.63) is 65.2 Å². The summed E-state index contributed by atoms with van der Waals surface area (Å²) in [4.78, 5) is 14.8. The molecule has 1 saturated heterocycles. The quantitative estimate of drug-likeness (QED) is 0.716. The highest BCUT2D eigenvalue weighted by molar-refractivity contribution is 6.32. The maximum atomic E-state index is 12.9. The molecular formula is C22H26ClNO2. The summed E-state index contributed by atoms with van der Waals surface area (Å²) in [5.74, 6) is 1.30. The fourth-order valence-electron chi connectivity index (χ4n) is 3.51. The number of ether oxygens (including phenoxy) is 1. The molecule has 1 fully saturated rings. The Kier molecular flexibility index (Phi) is 6.56. The second kappa shape index (κ2) is 9.09. The van der Waals surface area contributed by atoms with E-state index in [-0.39, 0.29) is 5.91 Å². The molecule has 0 bridgehead atoms. The molecule has 0 spiro atoms. The van der Waals surface area contributed by atoms with Gasteiger partial charge in [-0.25, -0.2) is 0 Å². The van der Waals surface area contributed by atoms with Crippen molar-refractivity contribution in [2.24, 2.45) is 5.92 Å². The Bertz CT molecular complexity index is 711. The summed E-state index contributed by atoms with van der Waals surface area (Å²) in [5.41, 5.74) is 1.38. The molecule has 3 rings (SSSR count). The van der Waals surface area contributed by atoms with Crippen LogP contribution < -0.4 is 4.74 Å². The molecule has 0 aliphatic carbocycles. The lowest BCUT2D eigenvalue weighted by atomic mass is 9.90. The van der Waals surface area contributed by atoms with Gasteiger partial charge < -0.3 is 9.64 Å². The summed E-state index contributed by atoms with van der Waals surface area (Å²) in [7, 11) is 0. The zero-order chi connectivity index (χ0) is 18.4. The topological polar surface area (TPSA) is 29.5 Å². The van der Waals surface area contributed by atoms with Crippen LogP contribution in [0.1, 0.15) is 31.7 Å². The molecule has 1 aliphatic heterocycles. The summed E-state index contributed by atoms with van der Waals surface area (Å²) in [5, 5.41) is 0.542. The van der Waals surface area contributed by atoms with Crippen LogP contribution in [0.5, 0.6) is 5.75 Å². The monoisotopic (exact) mass is 371 g/mol. The summed E-state index contributed by atoms with van der Waals surface area (Å²) < 4.78 is 5.91. The van der Waals surface area contributed by atoms with Gasteiger partial charge in [0, 0.05) is 13.1 Å². The van der Waals surface area contributed by atoms with E-state index in [9.17, 15) is 4.79 Å². The molecule has 0 radical (unpaired) electrons. The average molecular weight is 372 g/mol. The van der Waals surface area contributed by atoms with Crippen molar-refractivity contribution >= 4 is 17.5 Å². The van der Waals surface area contributed by atoms with E-state index in [0.717, 1.165) is 32.4 Å². The second-order valence-corrected chi connectivity index (χ2v) is 7.31. The van der Waals surface area contributed by atoms with E-state index in [0.29, 0.717) is 23.1 Å². The maximum Gasteiger partial charge on any atom is 0.263 e. The smallest absolute Gasteiger partial charge is 0.263 e. The van der Waals surface area contributed by atoms with Gasteiger partial charge in [-0.3, -0.25) is 4.79 Å². The van der Waals surface area contributed by atoms with Crippen molar-refractivity contribution in [2.75, 3.05) is 13.1 Å². The summed E-state index contributed by atoms with van der Waals surface area (Å²) in [6, 6.07) is 17.9. The number of hydrogen-bond acceptors (Lipinski definition) is 2. The maximum absolute atomic E-state index is 12.9. The van der Waals surface area contributed by atoms with Gasteiger partial charge in [-0.05, 0) is 49.3 Å². The Hall–Kier alpha value is -2.00. The van der Waals surface area contributed by atoms with Gasteiger partial charge in [-0.1, -0.05) is 61.0 Å². The van der Waals surface area contributed by atoms with Crippen LogP contribution >= 0.6 is 11.6 Å². The number of para-hydroxylation sites is 1. The number of rotatable bonds is 6. The highest BCUT2D eigenvalue weighted by Crippen LogP contribution is 2.27. The van der Waals surface area contributed by atoms with Crippen molar-refractivity contribution in [3.8, 4) is 5.75 Å². The number of benzene rings is 2. The van der Waals surface area contributed by atoms with Crippen LogP contribution in [0.4, 0.5) is 0 Å². The fraction of sp³-hybridized carbons (Fsp3) is 0.409. The molecule has 1 amide bonds. The molecule has 0 saturated carbocycles. The Balaban J connectivity index is 1.54. The second-order valence-electron chi connectivity index (χ2n) is 6.90. The number of amides is 1. The molecule has 1 heterocycles. The third-order valence-corrected chi connectivity index (χ3v) is 5.36. The minimum absolute atomic E-state index is 0.0746. The first-order valence-corrected chi connectivity index (χ1v) is 9.79. The van der Waals surface area contributed by atoms with Gasteiger partial charge in [-0.15, -0.1) is 0 Å². The largest absolute Gasteiger partial charge is 0.479 e. The zero-order valence-electron chi connectivity index (χ0n) is 15.2. The minimum Gasteiger partial charge on any atom is -0.479 e. The molecule has 2 aromatic carbocycles. The lowest BCUT2D eigenvalue weighted by Crippen LogP contribution is -2.45. The van der Waals surface area contributed by atoms with E-state index in [1.165, 1.54) is 5.56 Å². The van der Waals surface area contributed by atoms with Crippen LogP contribution in [0.3, 0.4) is 0 Å². The lowest BCUT2D eigenvalue weighted by molar-refractivity contribution is -0.140. The number of nitrogens with zero attached hydrogens (tertiary/aromatic N) is 1. The first-order valence-electron chi connectivity index (χ1n) is 9.41. The van der Waals surface area contributed by atoms with Crippen molar-refractivity contribution in [2.45, 2.75) is 38.7 Å². The number of piperidine rings is 1. The molecule has 4 heteroatoms. The van der Waals surface area contributed by atoms with E-state index >= 15 is 0 Å². The molecule has 138 valence electrons. The van der Waals surface area contributed by atoms with E-state index in [4.69, 9.17) is 16.3 Å². The molecule has 2 aromatic rings. The van der Waals surface area contributed by atoms with Gasteiger partial charge in [0.1, 0.15) is 5.75 Å². The van der Waals surface area contributed by atoms with Crippen LogP contribution in [0.25, 0.3) is 0 Å². The predicted molar refractivity (Wildman–Crippen MR) is 106 cm³/mol. The van der Waals surface area contributed by atoms with Crippen molar-refractivity contribution in [1.29, 1.82) is 0 Å². The first-order chi connectivity index (χ1) is 12.7. The molecular weight excluding hydrogens is 346 g/mol. The molecule has 1 aliphatic rings. The van der Waals surface area contributed by atoms with Crippen LogP contribution in [-0.2, 0) is 11.2 Å². The zero-order valence-corrected chi connectivity index (χ0v) is 16.0. The molecule has 1 unspecified atom stereocenters. The Labute approximate surface area is 160 Å². The van der Waals surface area contributed by atoms with Gasteiger partial charge in [0.05, 0.1) is 5.02 Å². The normalized spacial score (nSPS) is 16.3. The number of likely N-dealkylation sites (tertiary alicyclic amines) is 1. The molecule has 0 N–H and O–H groups in total. The van der Waals surface area contributed by atoms with Gasteiger partial charge in [0.15, 0.2) is 6.10 Å². The molecule has 26 heavy (non-hydrogen) atoms. The van der Waals surface area contributed by atoms with E-state index in [2.05, 4.69) is 30.3 Å². The van der Waals surface area contributed by atoms with E-state index < -0.39 is 6.10 Å². The average Bonchev–Trinajstić information content (AvgIpc) is 2.68.